The number of nitrogens with zero attached hydrogens (tertiary/aromatic N) is 2. The summed E-state index contributed by atoms with van der Waals surface area (Å²) in [6.07, 6.45) is 0. The lowest BCUT2D eigenvalue weighted by atomic mass is 10.2. The third-order valence-corrected chi connectivity index (χ3v) is 6.65. The second-order valence-electron chi connectivity index (χ2n) is 5.61. The lowest BCUT2D eigenvalue weighted by Gasteiger charge is -2.35. The molecule has 2 aromatic carbocycles. The maximum absolute atomic E-state index is 12.9. The summed E-state index contributed by atoms with van der Waals surface area (Å²) in [5.41, 5.74) is 1.81. The highest BCUT2D eigenvalue weighted by molar-refractivity contribution is 7.89. The highest BCUT2D eigenvalue weighted by Gasteiger charge is 2.31. The van der Waals surface area contributed by atoms with Gasteiger partial charge >= 0.3 is 0 Å². The smallest absolute Gasteiger partial charge is 0.244 e. The summed E-state index contributed by atoms with van der Waals surface area (Å²) in [6, 6.07) is 15.2. The number of halogens is 1. The minimum Gasteiger partial charge on any atom is -0.369 e. The number of sulfonamides is 1. The van der Waals surface area contributed by atoms with E-state index in [2.05, 4.69) is 4.90 Å². The number of benzene rings is 2. The van der Waals surface area contributed by atoms with Crippen molar-refractivity contribution in [3.05, 3.63) is 59.1 Å². The summed E-state index contributed by atoms with van der Waals surface area (Å²) < 4.78 is 27.3. The molecule has 122 valence electrons. The fourth-order valence-corrected chi connectivity index (χ4v) is 5.10. The molecule has 1 aliphatic rings. The summed E-state index contributed by atoms with van der Waals surface area (Å²) in [7, 11) is -3.55. The van der Waals surface area contributed by atoms with Gasteiger partial charge in [0.2, 0.25) is 10.0 Å². The summed E-state index contributed by atoms with van der Waals surface area (Å²) in [5.74, 6) is 0. The van der Waals surface area contributed by atoms with Gasteiger partial charge < -0.3 is 4.90 Å². The van der Waals surface area contributed by atoms with E-state index >= 15 is 0 Å². The van der Waals surface area contributed by atoms with E-state index in [9.17, 15) is 8.42 Å². The first-order valence-electron chi connectivity index (χ1n) is 7.55. The molecule has 0 radical (unpaired) electrons. The van der Waals surface area contributed by atoms with Gasteiger partial charge in [-0.05, 0) is 30.7 Å². The molecule has 1 saturated heterocycles. The molecule has 0 aliphatic carbocycles. The van der Waals surface area contributed by atoms with Crippen LogP contribution in [0.3, 0.4) is 0 Å². The molecule has 6 heteroatoms. The van der Waals surface area contributed by atoms with Crippen molar-refractivity contribution in [3.63, 3.8) is 0 Å². The maximum atomic E-state index is 12.9. The summed E-state index contributed by atoms with van der Waals surface area (Å²) in [4.78, 5) is 2.43. The van der Waals surface area contributed by atoms with E-state index < -0.39 is 10.0 Å². The third kappa shape index (κ3) is 3.22. The Balaban J connectivity index is 1.79. The van der Waals surface area contributed by atoms with Crippen molar-refractivity contribution in [2.24, 2.45) is 0 Å². The molecule has 0 spiro atoms. The van der Waals surface area contributed by atoms with Crippen LogP contribution in [0.5, 0.6) is 0 Å². The predicted octanol–water partition coefficient (Wildman–Crippen LogP) is 3.16. The Hall–Kier alpha value is -1.56. The minimum absolute atomic E-state index is 0.231. The molecule has 0 atom stereocenters. The quantitative estimate of drug-likeness (QED) is 0.853. The minimum atomic E-state index is -3.55. The molecule has 0 unspecified atom stereocenters. The van der Waals surface area contributed by atoms with Crippen molar-refractivity contribution in [1.82, 2.24) is 4.31 Å². The van der Waals surface area contributed by atoms with E-state index in [0.29, 0.717) is 31.7 Å². The molecular weight excluding hydrogens is 332 g/mol. The molecule has 3 rings (SSSR count). The van der Waals surface area contributed by atoms with Gasteiger partial charge in [-0.3, -0.25) is 0 Å². The van der Waals surface area contributed by atoms with E-state index in [-0.39, 0.29) is 9.92 Å². The first-order chi connectivity index (χ1) is 11.0. The first kappa shape index (κ1) is 16.3. The Labute approximate surface area is 142 Å². The van der Waals surface area contributed by atoms with Crippen molar-refractivity contribution < 1.29 is 8.42 Å². The van der Waals surface area contributed by atoms with Crippen LogP contribution in [0, 0.1) is 6.92 Å². The van der Waals surface area contributed by atoms with Crippen LogP contribution in [0.15, 0.2) is 53.4 Å². The number of para-hydroxylation sites is 1. The van der Waals surface area contributed by atoms with Gasteiger partial charge in [0.25, 0.3) is 0 Å². The van der Waals surface area contributed by atoms with Crippen LogP contribution in [-0.2, 0) is 10.0 Å². The highest BCUT2D eigenvalue weighted by atomic mass is 35.5. The number of hydrogen-bond donors (Lipinski definition) is 0. The number of piperazine rings is 1. The highest BCUT2D eigenvalue weighted by Crippen LogP contribution is 2.29. The molecule has 0 aromatic heterocycles. The lowest BCUT2D eigenvalue weighted by molar-refractivity contribution is 0.384. The monoisotopic (exact) mass is 350 g/mol. The summed E-state index contributed by atoms with van der Waals surface area (Å²) in [5, 5.41) is 0.287. The van der Waals surface area contributed by atoms with Crippen molar-refractivity contribution >= 4 is 27.3 Å². The lowest BCUT2D eigenvalue weighted by Crippen LogP contribution is -2.48. The van der Waals surface area contributed by atoms with E-state index in [1.807, 2.05) is 30.3 Å². The van der Waals surface area contributed by atoms with Crippen molar-refractivity contribution in [2.45, 2.75) is 11.8 Å². The number of anilines is 1. The molecule has 0 saturated carbocycles. The topological polar surface area (TPSA) is 40.6 Å². The van der Waals surface area contributed by atoms with Gasteiger partial charge in [0.05, 0.1) is 5.02 Å². The molecule has 0 amide bonds. The summed E-state index contributed by atoms with van der Waals surface area (Å²) >= 11 is 6.14. The van der Waals surface area contributed by atoms with Gasteiger partial charge in [-0.1, -0.05) is 41.9 Å². The van der Waals surface area contributed by atoms with E-state index in [1.165, 1.54) is 4.31 Å². The van der Waals surface area contributed by atoms with Crippen LogP contribution in [0.2, 0.25) is 5.02 Å². The molecule has 23 heavy (non-hydrogen) atoms. The van der Waals surface area contributed by atoms with Gasteiger partial charge in [0.1, 0.15) is 4.90 Å². The van der Waals surface area contributed by atoms with Gasteiger partial charge in [-0.15, -0.1) is 0 Å². The Morgan fingerprint density at radius 1 is 0.913 bits per heavy atom. The van der Waals surface area contributed by atoms with Crippen LogP contribution in [-0.4, -0.2) is 38.9 Å². The Bertz CT molecular complexity index is 765. The number of aryl methyl sites for hydroxylation is 1. The fourth-order valence-electron chi connectivity index (χ4n) is 2.90. The molecule has 0 bridgehead atoms. The molecule has 2 aromatic rings. The molecular formula is C17H19ClN2O2S. The van der Waals surface area contributed by atoms with Crippen LogP contribution in [0.4, 0.5) is 5.69 Å². The van der Waals surface area contributed by atoms with Gasteiger partial charge in [-0.25, -0.2) is 8.42 Å². The van der Waals surface area contributed by atoms with Crippen molar-refractivity contribution in [3.8, 4) is 0 Å². The van der Waals surface area contributed by atoms with Crippen LogP contribution >= 0.6 is 11.6 Å². The van der Waals surface area contributed by atoms with Crippen LogP contribution < -0.4 is 4.90 Å². The fraction of sp³-hybridized carbons (Fsp3) is 0.294. The van der Waals surface area contributed by atoms with E-state index in [4.69, 9.17) is 11.6 Å². The van der Waals surface area contributed by atoms with Crippen molar-refractivity contribution in [2.75, 3.05) is 31.1 Å². The van der Waals surface area contributed by atoms with Gasteiger partial charge in [-0.2, -0.15) is 4.31 Å². The second-order valence-corrected chi connectivity index (χ2v) is 7.89. The van der Waals surface area contributed by atoms with Crippen LogP contribution in [0.1, 0.15) is 5.56 Å². The molecule has 1 heterocycles. The third-order valence-electron chi connectivity index (χ3n) is 4.12. The van der Waals surface area contributed by atoms with E-state index in [1.54, 1.807) is 25.1 Å². The molecule has 0 N–H and O–H groups in total. The first-order valence-corrected chi connectivity index (χ1v) is 9.37. The van der Waals surface area contributed by atoms with Crippen LogP contribution in [0.25, 0.3) is 0 Å². The van der Waals surface area contributed by atoms with Gasteiger partial charge in [0.15, 0.2) is 0 Å². The Morgan fingerprint density at radius 3 is 2.17 bits per heavy atom. The standard InChI is InChI=1S/C17H19ClN2O2S/c1-14-6-5-9-16(18)17(14)23(21,22)20-12-10-19(11-13-20)15-7-3-2-4-8-15/h2-9H,10-13H2,1H3. The number of hydrogen-bond acceptors (Lipinski definition) is 3. The second kappa shape index (κ2) is 6.51. The Morgan fingerprint density at radius 2 is 1.57 bits per heavy atom. The summed E-state index contributed by atoms with van der Waals surface area (Å²) in [6.45, 7) is 4.04. The van der Waals surface area contributed by atoms with Crippen molar-refractivity contribution in [1.29, 1.82) is 0 Å². The Kier molecular flexibility index (Phi) is 4.62. The average Bonchev–Trinajstić information content (AvgIpc) is 2.55. The largest absolute Gasteiger partial charge is 0.369 e. The van der Waals surface area contributed by atoms with Gasteiger partial charge in [0, 0.05) is 31.9 Å². The zero-order chi connectivity index (χ0) is 16.4. The normalized spacial score (nSPS) is 16.5. The van der Waals surface area contributed by atoms with E-state index in [0.717, 1.165) is 5.69 Å². The maximum Gasteiger partial charge on any atom is 0.244 e. The average molecular weight is 351 g/mol. The molecule has 1 fully saturated rings. The zero-order valence-corrected chi connectivity index (χ0v) is 14.5. The molecule has 4 nitrogen and oxygen atoms in total. The zero-order valence-electron chi connectivity index (χ0n) is 12.9. The molecule has 1 aliphatic heterocycles. The SMILES string of the molecule is Cc1cccc(Cl)c1S(=O)(=O)N1CCN(c2ccccc2)CC1. The predicted molar refractivity (Wildman–Crippen MR) is 93.6 cm³/mol. The number of rotatable bonds is 3.